The number of carbonyl (C=O) groups excluding carboxylic acids is 1. The third-order valence-corrected chi connectivity index (χ3v) is 3.82. The number of nitrogens with zero attached hydrogens (tertiary/aromatic N) is 4. The molecule has 0 radical (unpaired) electrons. The van der Waals surface area contributed by atoms with E-state index < -0.39 is 0 Å². The number of carbonyl (C=O) groups is 1. The van der Waals surface area contributed by atoms with Gasteiger partial charge >= 0.3 is 0 Å². The Bertz CT molecular complexity index is 454. The van der Waals surface area contributed by atoms with E-state index in [4.69, 9.17) is 0 Å². The lowest BCUT2D eigenvalue weighted by atomic mass is 10.1. The van der Waals surface area contributed by atoms with Crippen LogP contribution in [0.3, 0.4) is 0 Å². The Balaban J connectivity index is 1.95. The van der Waals surface area contributed by atoms with Gasteiger partial charge in [-0.15, -0.1) is 0 Å². The number of amides is 1. The lowest BCUT2D eigenvalue weighted by Crippen LogP contribution is -2.52. The SMILES string of the molecule is CCC(CO)N1CCN(C(=O)c2cc(C)ncn2)CC1. The number of aliphatic hydroxyl groups excluding tert-OH is 1. The molecule has 1 unspecified atom stereocenters. The van der Waals surface area contributed by atoms with Crippen LogP contribution in [-0.4, -0.2) is 69.6 Å². The molecule has 0 spiro atoms. The molecule has 2 rings (SSSR count). The monoisotopic (exact) mass is 278 g/mol. The van der Waals surface area contributed by atoms with Crippen molar-refractivity contribution in [2.24, 2.45) is 0 Å². The van der Waals surface area contributed by atoms with Gasteiger partial charge in [0.2, 0.25) is 0 Å². The van der Waals surface area contributed by atoms with Crippen LogP contribution in [0.15, 0.2) is 12.4 Å². The average molecular weight is 278 g/mol. The molecule has 1 aromatic heterocycles. The highest BCUT2D eigenvalue weighted by molar-refractivity contribution is 5.92. The molecule has 1 aliphatic heterocycles. The van der Waals surface area contributed by atoms with Gasteiger partial charge in [0.05, 0.1) is 6.61 Å². The summed E-state index contributed by atoms with van der Waals surface area (Å²) in [5, 5.41) is 9.32. The summed E-state index contributed by atoms with van der Waals surface area (Å²) in [6.07, 6.45) is 2.35. The van der Waals surface area contributed by atoms with E-state index in [1.165, 1.54) is 6.33 Å². The van der Waals surface area contributed by atoms with Crippen molar-refractivity contribution in [2.75, 3.05) is 32.8 Å². The molecule has 1 fully saturated rings. The number of hydrogen-bond donors (Lipinski definition) is 1. The number of aryl methyl sites for hydroxylation is 1. The molecule has 110 valence electrons. The maximum absolute atomic E-state index is 12.3. The van der Waals surface area contributed by atoms with E-state index in [0.29, 0.717) is 18.8 Å². The summed E-state index contributed by atoms with van der Waals surface area (Å²) in [5.41, 5.74) is 1.26. The highest BCUT2D eigenvalue weighted by Gasteiger charge is 2.26. The van der Waals surface area contributed by atoms with Gasteiger partial charge in [0.25, 0.3) is 5.91 Å². The number of rotatable bonds is 4. The normalized spacial score (nSPS) is 18.1. The van der Waals surface area contributed by atoms with E-state index >= 15 is 0 Å². The number of aromatic nitrogens is 2. The molecule has 1 amide bonds. The molecule has 6 nitrogen and oxygen atoms in total. The van der Waals surface area contributed by atoms with Crippen LogP contribution in [0.5, 0.6) is 0 Å². The summed E-state index contributed by atoms with van der Waals surface area (Å²) in [6, 6.07) is 1.92. The van der Waals surface area contributed by atoms with Crippen molar-refractivity contribution in [1.29, 1.82) is 0 Å². The lowest BCUT2D eigenvalue weighted by molar-refractivity contribution is 0.0468. The van der Waals surface area contributed by atoms with Crippen LogP contribution in [-0.2, 0) is 0 Å². The minimum absolute atomic E-state index is 0.0350. The number of piperazine rings is 1. The van der Waals surface area contributed by atoms with Gasteiger partial charge in [0, 0.05) is 37.9 Å². The molecule has 1 atom stereocenters. The first-order valence-electron chi connectivity index (χ1n) is 7.08. The van der Waals surface area contributed by atoms with E-state index in [2.05, 4.69) is 21.8 Å². The zero-order valence-electron chi connectivity index (χ0n) is 12.1. The lowest BCUT2D eigenvalue weighted by Gasteiger charge is -2.38. The van der Waals surface area contributed by atoms with Crippen molar-refractivity contribution < 1.29 is 9.90 Å². The fourth-order valence-corrected chi connectivity index (χ4v) is 2.53. The topological polar surface area (TPSA) is 69.6 Å². The Hall–Kier alpha value is -1.53. The van der Waals surface area contributed by atoms with E-state index in [1.807, 2.05) is 11.8 Å². The molecule has 20 heavy (non-hydrogen) atoms. The van der Waals surface area contributed by atoms with Crippen molar-refractivity contribution in [3.8, 4) is 0 Å². The van der Waals surface area contributed by atoms with E-state index in [9.17, 15) is 9.90 Å². The van der Waals surface area contributed by atoms with Gasteiger partial charge in [-0.1, -0.05) is 6.92 Å². The molecule has 0 bridgehead atoms. The molecule has 6 heteroatoms. The van der Waals surface area contributed by atoms with Crippen molar-refractivity contribution in [2.45, 2.75) is 26.3 Å². The van der Waals surface area contributed by atoms with Gasteiger partial charge < -0.3 is 10.0 Å². The largest absolute Gasteiger partial charge is 0.395 e. The Labute approximate surface area is 119 Å². The van der Waals surface area contributed by atoms with Crippen molar-refractivity contribution in [3.63, 3.8) is 0 Å². The summed E-state index contributed by atoms with van der Waals surface area (Å²) in [4.78, 5) is 24.5. The summed E-state index contributed by atoms with van der Waals surface area (Å²) >= 11 is 0. The molecule has 2 heterocycles. The van der Waals surface area contributed by atoms with Gasteiger partial charge in [0.1, 0.15) is 12.0 Å². The molecular weight excluding hydrogens is 256 g/mol. The predicted octanol–water partition coefficient (Wildman–Crippen LogP) is 0.314. The van der Waals surface area contributed by atoms with Gasteiger partial charge in [-0.3, -0.25) is 9.69 Å². The molecule has 1 aliphatic rings. The fourth-order valence-electron chi connectivity index (χ4n) is 2.53. The molecule has 1 saturated heterocycles. The summed E-state index contributed by atoms with van der Waals surface area (Å²) in [6.45, 7) is 7.06. The molecule has 1 N–H and O–H groups in total. The van der Waals surface area contributed by atoms with E-state index in [-0.39, 0.29) is 18.6 Å². The second kappa shape index (κ2) is 6.76. The van der Waals surface area contributed by atoms with Gasteiger partial charge in [0.15, 0.2) is 0 Å². The number of aliphatic hydroxyl groups is 1. The minimum atomic E-state index is -0.0350. The Morgan fingerprint density at radius 2 is 2.05 bits per heavy atom. The predicted molar refractivity (Wildman–Crippen MR) is 75.4 cm³/mol. The maximum atomic E-state index is 12.3. The van der Waals surface area contributed by atoms with Crippen LogP contribution in [0, 0.1) is 6.92 Å². The van der Waals surface area contributed by atoms with E-state index in [0.717, 1.165) is 25.2 Å². The Morgan fingerprint density at radius 1 is 1.35 bits per heavy atom. The summed E-state index contributed by atoms with van der Waals surface area (Å²) in [5.74, 6) is -0.0350. The Morgan fingerprint density at radius 3 is 2.60 bits per heavy atom. The fraction of sp³-hybridized carbons (Fsp3) is 0.643. The van der Waals surface area contributed by atoms with Crippen LogP contribution < -0.4 is 0 Å². The van der Waals surface area contributed by atoms with Crippen LogP contribution in [0.4, 0.5) is 0 Å². The molecular formula is C14H22N4O2. The van der Waals surface area contributed by atoms with Gasteiger partial charge in [-0.05, 0) is 19.4 Å². The third-order valence-electron chi connectivity index (χ3n) is 3.82. The smallest absolute Gasteiger partial charge is 0.272 e. The van der Waals surface area contributed by atoms with Crippen LogP contribution in [0.25, 0.3) is 0 Å². The summed E-state index contributed by atoms with van der Waals surface area (Å²) < 4.78 is 0. The van der Waals surface area contributed by atoms with Crippen molar-refractivity contribution in [3.05, 3.63) is 23.8 Å². The van der Waals surface area contributed by atoms with Gasteiger partial charge in [-0.25, -0.2) is 9.97 Å². The van der Waals surface area contributed by atoms with Crippen LogP contribution >= 0.6 is 0 Å². The molecule has 1 aromatic rings. The van der Waals surface area contributed by atoms with Crippen LogP contribution in [0.1, 0.15) is 29.5 Å². The van der Waals surface area contributed by atoms with E-state index in [1.54, 1.807) is 6.07 Å². The quantitative estimate of drug-likeness (QED) is 0.858. The average Bonchev–Trinajstić information content (AvgIpc) is 2.48. The Kier molecular flexibility index (Phi) is 5.03. The highest BCUT2D eigenvalue weighted by Crippen LogP contribution is 2.11. The highest BCUT2D eigenvalue weighted by atomic mass is 16.3. The van der Waals surface area contributed by atoms with Crippen LogP contribution in [0.2, 0.25) is 0 Å². The second-order valence-corrected chi connectivity index (χ2v) is 5.12. The zero-order chi connectivity index (χ0) is 14.5. The van der Waals surface area contributed by atoms with Crippen molar-refractivity contribution >= 4 is 5.91 Å². The minimum Gasteiger partial charge on any atom is -0.395 e. The maximum Gasteiger partial charge on any atom is 0.272 e. The molecule has 0 aliphatic carbocycles. The standard InChI is InChI=1S/C14H22N4O2/c1-3-12(9-19)17-4-6-18(7-5-17)14(20)13-8-11(2)15-10-16-13/h8,10,12,19H,3-7,9H2,1-2H3. The number of hydrogen-bond acceptors (Lipinski definition) is 5. The second-order valence-electron chi connectivity index (χ2n) is 5.12. The first kappa shape index (κ1) is 14.9. The van der Waals surface area contributed by atoms with Crippen molar-refractivity contribution in [1.82, 2.24) is 19.8 Å². The first-order valence-corrected chi connectivity index (χ1v) is 7.08. The summed E-state index contributed by atoms with van der Waals surface area (Å²) in [7, 11) is 0. The third kappa shape index (κ3) is 3.32. The first-order chi connectivity index (χ1) is 9.65. The zero-order valence-corrected chi connectivity index (χ0v) is 12.1. The molecule has 0 saturated carbocycles. The van der Waals surface area contributed by atoms with Gasteiger partial charge in [-0.2, -0.15) is 0 Å². The molecule has 0 aromatic carbocycles.